The molecule has 0 aliphatic carbocycles. The van der Waals surface area contributed by atoms with E-state index in [0.29, 0.717) is 6.61 Å². The van der Waals surface area contributed by atoms with Crippen LogP contribution in [0, 0.1) is 0 Å². The molecule has 5 atom stereocenters. The van der Waals surface area contributed by atoms with Crippen LogP contribution >= 0.6 is 23.5 Å². The molecule has 0 radical (unpaired) electrons. The van der Waals surface area contributed by atoms with Crippen molar-refractivity contribution in [3.05, 3.63) is 66.2 Å². The topological polar surface area (TPSA) is 27.7 Å². The zero-order valence-electron chi connectivity index (χ0n) is 15.0. The van der Waals surface area contributed by atoms with Crippen molar-refractivity contribution < 1.29 is 14.2 Å². The predicted octanol–water partition coefficient (Wildman–Crippen LogP) is 4.61. The minimum Gasteiger partial charge on any atom is -0.374 e. The molecular weight excluding hydrogens is 364 g/mol. The third-order valence-corrected chi connectivity index (χ3v) is 8.10. The van der Waals surface area contributed by atoms with Gasteiger partial charge >= 0.3 is 0 Å². The number of hydrogen-bond acceptors (Lipinski definition) is 5. The van der Waals surface area contributed by atoms with Crippen molar-refractivity contribution >= 4 is 23.5 Å². The van der Waals surface area contributed by atoms with Crippen molar-refractivity contribution in [3.8, 4) is 0 Å². The summed E-state index contributed by atoms with van der Waals surface area (Å²) in [6, 6.07) is 20.7. The molecule has 1 unspecified atom stereocenters. The normalized spacial score (nSPS) is 33.3. The van der Waals surface area contributed by atoms with Crippen LogP contribution in [0.25, 0.3) is 0 Å². The molecule has 2 aromatic rings. The van der Waals surface area contributed by atoms with Gasteiger partial charge in [-0.05, 0) is 24.6 Å². The Morgan fingerprint density at radius 3 is 2.50 bits per heavy atom. The van der Waals surface area contributed by atoms with Crippen LogP contribution in [0.3, 0.4) is 0 Å². The van der Waals surface area contributed by atoms with Crippen LogP contribution in [0.4, 0.5) is 0 Å². The molecule has 3 saturated heterocycles. The smallest absolute Gasteiger partial charge is 0.122 e. The molecule has 0 N–H and O–H groups in total. The van der Waals surface area contributed by atoms with Crippen molar-refractivity contribution in [2.24, 2.45) is 0 Å². The van der Waals surface area contributed by atoms with E-state index in [1.807, 2.05) is 36.0 Å². The van der Waals surface area contributed by atoms with Gasteiger partial charge in [-0.2, -0.15) is 0 Å². The van der Waals surface area contributed by atoms with E-state index in [2.05, 4.69) is 43.3 Å². The van der Waals surface area contributed by atoms with Gasteiger partial charge in [-0.3, -0.25) is 0 Å². The SMILES string of the molecule is CO[C@]1(C)[C@H]2SC[C@H](OC2Sc2ccccc2)[C@@H]1OCc1ccccc1. The molecule has 5 heteroatoms. The number of fused-ring (bicyclic) bond motifs is 3. The zero-order chi connectivity index (χ0) is 18.0. The summed E-state index contributed by atoms with van der Waals surface area (Å²) in [4.78, 5) is 1.23. The lowest BCUT2D eigenvalue weighted by molar-refractivity contribution is -0.218. The molecule has 3 nitrogen and oxygen atoms in total. The van der Waals surface area contributed by atoms with Crippen LogP contribution < -0.4 is 0 Å². The minimum absolute atomic E-state index is 0.0416. The minimum atomic E-state index is -0.368. The number of thioether (sulfide) groups is 2. The molecular formula is C21H24O3S2. The first-order valence-corrected chi connectivity index (χ1v) is 10.8. The van der Waals surface area contributed by atoms with Gasteiger partial charge in [0.05, 0.1) is 18.0 Å². The maximum atomic E-state index is 6.42. The zero-order valence-corrected chi connectivity index (χ0v) is 16.7. The Morgan fingerprint density at radius 2 is 1.81 bits per heavy atom. The summed E-state index contributed by atoms with van der Waals surface area (Å²) in [6.07, 6.45) is -0.0218. The summed E-state index contributed by atoms with van der Waals surface area (Å²) in [7, 11) is 1.80. The highest BCUT2D eigenvalue weighted by atomic mass is 32.2. The average Bonchev–Trinajstić information content (AvgIpc) is 2.69. The molecule has 3 aliphatic rings. The standard InChI is InChI=1S/C21H24O3S2/c1-21(22-2)18(23-13-15-9-5-3-6-10-15)17-14-25-19(21)20(24-17)26-16-11-7-4-8-12-16/h3-12,17-20H,13-14H2,1-2H3/t17-,18-,19-,20?,21-/m0/s1. The van der Waals surface area contributed by atoms with Crippen molar-refractivity contribution in [2.75, 3.05) is 12.9 Å². The number of methoxy groups -OCH3 is 1. The van der Waals surface area contributed by atoms with E-state index in [1.165, 1.54) is 10.5 Å². The van der Waals surface area contributed by atoms with Gasteiger partial charge in [0.15, 0.2) is 0 Å². The van der Waals surface area contributed by atoms with Gasteiger partial charge in [0.25, 0.3) is 0 Å². The lowest BCUT2D eigenvalue weighted by atomic mass is 9.87. The number of ether oxygens (including phenoxy) is 3. The molecule has 2 bridgehead atoms. The van der Waals surface area contributed by atoms with E-state index < -0.39 is 0 Å². The van der Waals surface area contributed by atoms with Gasteiger partial charge in [-0.1, -0.05) is 60.3 Å². The molecule has 5 rings (SSSR count). The van der Waals surface area contributed by atoms with Gasteiger partial charge in [0.2, 0.25) is 0 Å². The van der Waals surface area contributed by atoms with Gasteiger partial charge in [0.1, 0.15) is 17.1 Å². The fraction of sp³-hybridized carbons (Fsp3) is 0.429. The maximum Gasteiger partial charge on any atom is 0.122 e. The first kappa shape index (κ1) is 18.4. The molecule has 2 aromatic carbocycles. The molecule has 3 heterocycles. The molecule has 138 valence electrons. The quantitative estimate of drug-likeness (QED) is 0.720. The third-order valence-electron chi connectivity index (χ3n) is 5.17. The monoisotopic (exact) mass is 388 g/mol. The molecule has 0 spiro atoms. The summed E-state index contributed by atoms with van der Waals surface area (Å²) in [5, 5.41) is 0.225. The van der Waals surface area contributed by atoms with E-state index in [1.54, 1.807) is 18.9 Å². The summed E-state index contributed by atoms with van der Waals surface area (Å²) in [5.74, 6) is 0.953. The fourth-order valence-corrected chi connectivity index (χ4v) is 6.68. The average molecular weight is 389 g/mol. The van der Waals surface area contributed by atoms with Crippen LogP contribution in [0.15, 0.2) is 65.6 Å². The summed E-state index contributed by atoms with van der Waals surface area (Å²) in [5.41, 5.74) is 0.880. The Morgan fingerprint density at radius 1 is 1.12 bits per heavy atom. The van der Waals surface area contributed by atoms with Crippen LogP contribution in [0.1, 0.15) is 12.5 Å². The Kier molecular flexibility index (Phi) is 5.62. The first-order valence-electron chi connectivity index (χ1n) is 8.90. The second-order valence-corrected chi connectivity index (χ2v) is 9.18. The van der Waals surface area contributed by atoms with E-state index in [-0.39, 0.29) is 28.5 Å². The molecule has 3 fully saturated rings. The number of benzene rings is 2. The van der Waals surface area contributed by atoms with Crippen molar-refractivity contribution in [3.63, 3.8) is 0 Å². The summed E-state index contributed by atoms with van der Waals surface area (Å²) < 4.78 is 18.8. The van der Waals surface area contributed by atoms with Gasteiger partial charge in [-0.15, -0.1) is 11.8 Å². The van der Waals surface area contributed by atoms with Crippen LogP contribution in [0.2, 0.25) is 0 Å². The third kappa shape index (κ3) is 3.56. The van der Waals surface area contributed by atoms with Crippen molar-refractivity contribution in [1.29, 1.82) is 0 Å². The van der Waals surface area contributed by atoms with Gasteiger partial charge < -0.3 is 14.2 Å². The Bertz CT molecular complexity index is 708. The van der Waals surface area contributed by atoms with Crippen LogP contribution in [-0.2, 0) is 20.8 Å². The lowest BCUT2D eigenvalue weighted by Gasteiger charge is -2.56. The summed E-state index contributed by atoms with van der Waals surface area (Å²) >= 11 is 3.73. The number of hydrogen-bond donors (Lipinski definition) is 0. The number of rotatable bonds is 6. The Hall–Kier alpha value is -0.980. The first-order chi connectivity index (χ1) is 12.7. The Labute approximate surface area is 163 Å². The second-order valence-electron chi connectivity index (χ2n) is 6.83. The highest BCUT2D eigenvalue weighted by molar-refractivity contribution is 8.04. The largest absolute Gasteiger partial charge is 0.374 e. The lowest BCUT2D eigenvalue weighted by Crippen LogP contribution is -2.68. The molecule has 0 amide bonds. The van der Waals surface area contributed by atoms with Crippen molar-refractivity contribution in [2.45, 2.75) is 46.9 Å². The molecule has 3 aliphatic heterocycles. The maximum absolute atomic E-state index is 6.42. The van der Waals surface area contributed by atoms with E-state index in [0.717, 1.165) is 5.75 Å². The molecule has 0 saturated carbocycles. The molecule has 26 heavy (non-hydrogen) atoms. The fourth-order valence-electron chi connectivity index (χ4n) is 3.67. The van der Waals surface area contributed by atoms with Crippen LogP contribution in [0.5, 0.6) is 0 Å². The van der Waals surface area contributed by atoms with Gasteiger partial charge in [-0.25, -0.2) is 0 Å². The Balaban J connectivity index is 1.50. The molecule has 0 aromatic heterocycles. The highest BCUT2D eigenvalue weighted by Crippen LogP contribution is 2.51. The van der Waals surface area contributed by atoms with Crippen molar-refractivity contribution in [1.82, 2.24) is 0 Å². The highest BCUT2D eigenvalue weighted by Gasteiger charge is 2.59. The van der Waals surface area contributed by atoms with E-state index >= 15 is 0 Å². The summed E-state index contributed by atoms with van der Waals surface area (Å²) in [6.45, 7) is 2.76. The second kappa shape index (κ2) is 7.95. The predicted molar refractivity (Wildman–Crippen MR) is 108 cm³/mol. The van der Waals surface area contributed by atoms with E-state index in [9.17, 15) is 0 Å². The van der Waals surface area contributed by atoms with E-state index in [4.69, 9.17) is 14.2 Å². The van der Waals surface area contributed by atoms with Gasteiger partial charge in [0, 0.05) is 17.8 Å². The van der Waals surface area contributed by atoms with Crippen LogP contribution in [-0.4, -0.2) is 41.4 Å².